The van der Waals surface area contributed by atoms with Crippen molar-refractivity contribution in [2.24, 2.45) is 20.0 Å². The second-order valence-corrected chi connectivity index (χ2v) is 4.57. The highest BCUT2D eigenvalue weighted by Gasteiger charge is 2.16. The Hall–Kier alpha value is -1.26. The van der Waals surface area contributed by atoms with Gasteiger partial charge in [-0.3, -0.25) is 13.9 Å². The predicted octanol–water partition coefficient (Wildman–Crippen LogP) is 0.187. The monoisotopic (exact) mass is 236 g/mol. The Labute approximate surface area is 104 Å². The minimum absolute atomic E-state index is 0.149. The molecule has 4 nitrogen and oxygen atoms in total. The van der Waals surface area contributed by atoms with Crippen molar-refractivity contribution in [1.82, 2.24) is 4.57 Å². The topological polar surface area (TPSA) is 35.1 Å². The van der Waals surface area contributed by atoms with E-state index in [0.717, 1.165) is 5.72 Å². The second-order valence-electron chi connectivity index (χ2n) is 4.57. The van der Waals surface area contributed by atoms with Gasteiger partial charge in [-0.15, -0.1) is 5.82 Å². The predicted molar refractivity (Wildman–Crippen MR) is 67.2 cm³/mol. The van der Waals surface area contributed by atoms with E-state index in [9.17, 15) is 4.79 Å². The first kappa shape index (κ1) is 13.8. The van der Waals surface area contributed by atoms with Crippen molar-refractivity contribution >= 4 is 19.0 Å². The Balaban J connectivity index is 2.84. The Morgan fingerprint density at radius 3 is 2.65 bits per heavy atom. The summed E-state index contributed by atoms with van der Waals surface area (Å²) in [4.78, 5) is 11.9. The largest absolute Gasteiger partial charge is 0.468 e. The third-order valence-corrected chi connectivity index (χ3v) is 2.84. The van der Waals surface area contributed by atoms with Crippen LogP contribution in [0.3, 0.4) is 0 Å². The summed E-state index contributed by atoms with van der Waals surface area (Å²) in [6.07, 6.45) is 3.93. The Morgan fingerprint density at radius 1 is 1.59 bits per heavy atom. The maximum absolute atomic E-state index is 11.9. The molecule has 17 heavy (non-hydrogen) atoms. The van der Waals surface area contributed by atoms with E-state index in [1.54, 1.807) is 0 Å². The number of carbonyl (C=O) groups is 1. The highest BCUT2D eigenvalue weighted by molar-refractivity contribution is 6.56. The minimum atomic E-state index is -0.199. The lowest BCUT2D eigenvalue weighted by Gasteiger charge is -2.28. The van der Waals surface area contributed by atoms with Crippen LogP contribution in [0.2, 0.25) is 5.82 Å². The molecule has 0 aliphatic heterocycles. The molecule has 0 aliphatic carbocycles. The zero-order chi connectivity index (χ0) is 13.0. The van der Waals surface area contributed by atoms with Crippen LogP contribution in [-0.4, -0.2) is 24.4 Å². The molecular weight excluding hydrogens is 215 g/mol. The minimum Gasteiger partial charge on any atom is -0.468 e. The van der Waals surface area contributed by atoms with Crippen LogP contribution in [0.5, 0.6) is 0 Å². The molecule has 0 aliphatic rings. The molecule has 0 saturated carbocycles. The van der Waals surface area contributed by atoms with Gasteiger partial charge in [0.1, 0.15) is 12.4 Å². The molecule has 0 spiro atoms. The lowest BCUT2D eigenvalue weighted by Crippen LogP contribution is -2.52. The molecule has 0 aromatic carbocycles. The van der Waals surface area contributed by atoms with Crippen LogP contribution < -0.4 is 10.3 Å². The molecular formula is C12H21BN2O2. The third kappa shape index (κ3) is 3.35. The molecule has 5 heteroatoms. The number of carbonyl (C=O) groups excluding carboxylic acids is 1. The number of esters is 1. The molecule has 0 amide bonds. The van der Waals surface area contributed by atoms with Gasteiger partial charge in [0.05, 0.1) is 20.7 Å². The molecule has 1 unspecified atom stereocenters. The summed E-state index contributed by atoms with van der Waals surface area (Å²) < 4.78 is 9.09. The fraction of sp³-hybridized carbons (Fsp3) is 0.667. The Bertz CT molecular complexity index is 368. The van der Waals surface area contributed by atoms with Crippen molar-refractivity contribution in [2.75, 3.05) is 6.61 Å². The highest BCUT2D eigenvalue weighted by Crippen LogP contribution is 2.17. The molecule has 0 bridgehead atoms. The van der Waals surface area contributed by atoms with Crippen LogP contribution in [0.4, 0.5) is 0 Å². The van der Waals surface area contributed by atoms with E-state index in [0.29, 0.717) is 6.61 Å². The zero-order valence-electron chi connectivity index (χ0n) is 11.3. The maximum atomic E-state index is 11.9. The number of hydrogen-bond donors (Lipinski definition) is 0. The molecule has 94 valence electrons. The number of rotatable bonds is 5. The van der Waals surface area contributed by atoms with Gasteiger partial charge in [0, 0.05) is 5.72 Å². The highest BCUT2D eigenvalue weighted by atomic mass is 16.5. The van der Waals surface area contributed by atoms with Crippen molar-refractivity contribution in [2.45, 2.75) is 26.6 Å². The number of ether oxygens (including phenoxy) is 1. The molecule has 0 saturated heterocycles. The first-order chi connectivity index (χ1) is 7.97. The summed E-state index contributed by atoms with van der Waals surface area (Å²) in [5.74, 6) is -0.123. The quantitative estimate of drug-likeness (QED) is 0.415. The zero-order valence-corrected chi connectivity index (χ0v) is 11.3. The van der Waals surface area contributed by atoms with Gasteiger partial charge >= 0.3 is 0 Å². The van der Waals surface area contributed by atoms with E-state index in [-0.39, 0.29) is 17.7 Å². The van der Waals surface area contributed by atoms with Crippen molar-refractivity contribution in [3.63, 3.8) is 0 Å². The number of nitrogens with zero attached hydrogens (tertiary/aromatic N) is 2. The molecule has 1 aromatic heterocycles. The number of imidazole rings is 1. The molecule has 1 atom stereocenters. The van der Waals surface area contributed by atoms with Gasteiger partial charge in [-0.2, -0.15) is 7.28 Å². The van der Waals surface area contributed by atoms with E-state index in [1.807, 2.05) is 63.7 Å². The van der Waals surface area contributed by atoms with Crippen molar-refractivity contribution in [3.8, 4) is 0 Å². The van der Waals surface area contributed by atoms with Crippen LogP contribution in [0.15, 0.2) is 12.4 Å². The summed E-state index contributed by atoms with van der Waals surface area (Å²) in [5, 5.41) is 0. The lowest BCUT2D eigenvalue weighted by atomic mass is 9.59. The molecule has 2 radical (unpaired) electrons. The van der Waals surface area contributed by atoms with E-state index in [4.69, 9.17) is 4.74 Å². The van der Waals surface area contributed by atoms with Gasteiger partial charge < -0.3 is 4.74 Å². The van der Waals surface area contributed by atoms with Crippen molar-refractivity contribution in [3.05, 3.63) is 12.4 Å². The average molecular weight is 236 g/mol. The number of hydrogen-bond acceptors (Lipinski definition) is 2. The summed E-state index contributed by atoms with van der Waals surface area (Å²) in [7, 11) is 5.91. The van der Waals surface area contributed by atoms with Crippen LogP contribution in [-0.2, 0) is 23.6 Å². The molecule has 1 aromatic rings. The Morgan fingerprint density at radius 2 is 2.24 bits per heavy atom. The van der Waals surface area contributed by atoms with Crippen molar-refractivity contribution < 1.29 is 14.1 Å². The molecule has 0 N–H and O–H groups in total. The van der Waals surface area contributed by atoms with Gasteiger partial charge in [0.15, 0.2) is 0 Å². The fourth-order valence-corrected chi connectivity index (χ4v) is 1.77. The summed E-state index contributed by atoms with van der Waals surface area (Å²) in [5.41, 5.74) is 1.01. The second kappa shape index (κ2) is 5.89. The van der Waals surface area contributed by atoms with Gasteiger partial charge in [0.25, 0.3) is 5.97 Å². The van der Waals surface area contributed by atoms with Gasteiger partial charge in [-0.25, -0.2) is 0 Å². The lowest BCUT2D eigenvalue weighted by molar-refractivity contribution is -0.653. The van der Waals surface area contributed by atoms with Crippen LogP contribution in [0, 0.1) is 5.92 Å². The first-order valence-electron chi connectivity index (χ1n) is 5.99. The van der Waals surface area contributed by atoms with E-state index >= 15 is 0 Å². The fourth-order valence-electron chi connectivity index (χ4n) is 1.77. The Kier molecular flexibility index (Phi) is 4.79. The maximum Gasteiger partial charge on any atom is 0.268 e. The number of aryl methyl sites for hydroxylation is 2. The standard InChI is InChI=1S/C12H21BN2O2/c1-6-17-11(16)10(9(2)3)13-12-14(4)7-8-15(12)5/h7-10H,6H2,1-5H3. The SMILES string of the molecule is CCOC(=O)C([B-]c1n(C)cc[n+]1C)C(C)C. The van der Waals surface area contributed by atoms with Crippen molar-refractivity contribution in [1.29, 1.82) is 0 Å². The molecule has 1 rings (SSSR count). The van der Waals surface area contributed by atoms with Gasteiger partial charge in [0.2, 0.25) is 0 Å². The molecule has 1 heterocycles. The average Bonchev–Trinajstić information content (AvgIpc) is 2.55. The summed E-state index contributed by atoms with van der Waals surface area (Å²) in [6.45, 7) is 6.31. The van der Waals surface area contributed by atoms with E-state index in [2.05, 4.69) is 0 Å². The van der Waals surface area contributed by atoms with Crippen LogP contribution in [0.25, 0.3) is 0 Å². The number of aromatic nitrogens is 2. The molecule has 0 fully saturated rings. The first-order valence-corrected chi connectivity index (χ1v) is 5.99. The summed E-state index contributed by atoms with van der Waals surface area (Å²) in [6, 6.07) is 0. The van der Waals surface area contributed by atoms with Gasteiger partial charge in [-0.1, -0.05) is 19.8 Å². The van der Waals surface area contributed by atoms with Gasteiger partial charge in [-0.05, 0) is 6.92 Å². The van der Waals surface area contributed by atoms with Crippen LogP contribution >= 0.6 is 0 Å². The summed E-state index contributed by atoms with van der Waals surface area (Å²) >= 11 is 0. The normalized spacial score (nSPS) is 12.8. The third-order valence-electron chi connectivity index (χ3n) is 2.84. The van der Waals surface area contributed by atoms with Crippen LogP contribution in [0.1, 0.15) is 20.8 Å². The van der Waals surface area contributed by atoms with E-state index in [1.165, 1.54) is 0 Å². The smallest absolute Gasteiger partial charge is 0.268 e. The van der Waals surface area contributed by atoms with E-state index < -0.39 is 0 Å².